The molecule has 0 bridgehead atoms. The van der Waals surface area contributed by atoms with Crippen molar-refractivity contribution in [3.8, 4) is 5.75 Å². The maximum Gasteiger partial charge on any atom is 0.250 e. The van der Waals surface area contributed by atoms with Gasteiger partial charge in [-0.2, -0.15) is 20.1 Å². The molecule has 4 aromatic rings. The Morgan fingerprint density at radius 1 is 0.750 bits per heavy atom. The fourth-order valence-corrected chi connectivity index (χ4v) is 2.83. The molecular formula is C23H20ClN7O. The van der Waals surface area contributed by atoms with Crippen LogP contribution >= 0.6 is 11.6 Å². The van der Waals surface area contributed by atoms with Crippen molar-refractivity contribution < 1.29 is 4.74 Å². The van der Waals surface area contributed by atoms with Gasteiger partial charge in [0.1, 0.15) is 5.75 Å². The zero-order chi connectivity index (χ0) is 22.2. The molecular weight excluding hydrogens is 426 g/mol. The molecule has 8 nitrogen and oxygen atoms in total. The second-order valence-corrected chi connectivity index (χ2v) is 7.01. The molecule has 0 aliphatic carbocycles. The lowest BCUT2D eigenvalue weighted by atomic mass is 10.2. The van der Waals surface area contributed by atoms with Crippen LogP contribution in [0.25, 0.3) is 0 Å². The maximum atomic E-state index is 5.92. The SMILES string of the molecule is COc1ccc(Nc2nc(NN=Cc3ccc(Cl)cc3)nc(Nc3ccccc3)n2)cc1. The number of nitrogens with one attached hydrogen (secondary N) is 3. The van der Waals surface area contributed by atoms with Crippen LogP contribution < -0.4 is 20.8 Å². The molecule has 0 radical (unpaired) electrons. The number of hydrazone groups is 1. The molecule has 1 heterocycles. The first-order chi connectivity index (χ1) is 15.7. The first-order valence-electron chi connectivity index (χ1n) is 9.72. The van der Waals surface area contributed by atoms with E-state index in [1.54, 1.807) is 25.5 Å². The number of para-hydroxylation sites is 1. The first kappa shape index (κ1) is 21.1. The Hall–Kier alpha value is -4.17. The summed E-state index contributed by atoms with van der Waals surface area (Å²) in [7, 11) is 1.62. The predicted molar refractivity (Wildman–Crippen MR) is 128 cm³/mol. The van der Waals surface area contributed by atoms with Crippen molar-refractivity contribution in [2.75, 3.05) is 23.2 Å². The molecule has 32 heavy (non-hydrogen) atoms. The van der Waals surface area contributed by atoms with Crippen LogP contribution in [0.1, 0.15) is 5.56 Å². The third kappa shape index (κ3) is 5.93. The van der Waals surface area contributed by atoms with Gasteiger partial charge < -0.3 is 15.4 Å². The highest BCUT2D eigenvalue weighted by atomic mass is 35.5. The summed E-state index contributed by atoms with van der Waals surface area (Å²) in [6.45, 7) is 0. The van der Waals surface area contributed by atoms with Gasteiger partial charge in [0.2, 0.25) is 17.8 Å². The van der Waals surface area contributed by atoms with Crippen molar-refractivity contribution in [1.29, 1.82) is 0 Å². The molecule has 160 valence electrons. The van der Waals surface area contributed by atoms with Crippen molar-refractivity contribution >= 4 is 47.0 Å². The van der Waals surface area contributed by atoms with E-state index in [9.17, 15) is 0 Å². The van der Waals surface area contributed by atoms with Crippen molar-refractivity contribution in [1.82, 2.24) is 15.0 Å². The van der Waals surface area contributed by atoms with E-state index in [1.165, 1.54) is 0 Å². The summed E-state index contributed by atoms with van der Waals surface area (Å²) >= 11 is 5.92. The molecule has 0 atom stereocenters. The molecule has 0 fully saturated rings. The number of benzene rings is 3. The topological polar surface area (TPSA) is 96.4 Å². The molecule has 0 spiro atoms. The highest BCUT2D eigenvalue weighted by molar-refractivity contribution is 6.30. The van der Waals surface area contributed by atoms with Gasteiger partial charge in [-0.15, -0.1) is 0 Å². The molecule has 4 rings (SSSR count). The number of ether oxygens (including phenoxy) is 1. The summed E-state index contributed by atoms with van der Waals surface area (Å²) in [4.78, 5) is 13.3. The van der Waals surface area contributed by atoms with Crippen LogP contribution in [0.3, 0.4) is 0 Å². The minimum atomic E-state index is 0.277. The number of anilines is 5. The molecule has 0 saturated carbocycles. The highest BCUT2D eigenvalue weighted by Gasteiger charge is 2.08. The summed E-state index contributed by atoms with van der Waals surface area (Å²) in [5, 5.41) is 11.2. The van der Waals surface area contributed by atoms with Gasteiger partial charge >= 0.3 is 0 Å². The van der Waals surface area contributed by atoms with Crippen molar-refractivity contribution in [2.24, 2.45) is 5.10 Å². The third-order valence-corrected chi connectivity index (χ3v) is 4.51. The lowest BCUT2D eigenvalue weighted by molar-refractivity contribution is 0.415. The largest absolute Gasteiger partial charge is 0.497 e. The smallest absolute Gasteiger partial charge is 0.250 e. The molecule has 3 N–H and O–H groups in total. The van der Waals surface area contributed by atoms with Gasteiger partial charge in [-0.05, 0) is 54.1 Å². The van der Waals surface area contributed by atoms with Gasteiger partial charge in [0.15, 0.2) is 0 Å². The second-order valence-electron chi connectivity index (χ2n) is 6.57. The van der Waals surface area contributed by atoms with Crippen LogP contribution in [-0.2, 0) is 0 Å². The van der Waals surface area contributed by atoms with E-state index in [-0.39, 0.29) is 5.95 Å². The molecule has 0 amide bonds. The monoisotopic (exact) mass is 445 g/mol. The Morgan fingerprint density at radius 3 is 1.97 bits per heavy atom. The summed E-state index contributed by atoms with van der Waals surface area (Å²) in [6, 6.07) is 24.4. The van der Waals surface area contributed by atoms with Gasteiger partial charge in [-0.1, -0.05) is 41.9 Å². The molecule has 9 heteroatoms. The van der Waals surface area contributed by atoms with Crippen LogP contribution in [0.2, 0.25) is 5.02 Å². The Morgan fingerprint density at radius 2 is 1.34 bits per heavy atom. The zero-order valence-corrected chi connectivity index (χ0v) is 17.9. The molecule has 0 aliphatic heterocycles. The molecule has 0 saturated heterocycles. The van der Waals surface area contributed by atoms with Gasteiger partial charge in [-0.3, -0.25) is 0 Å². The normalized spacial score (nSPS) is 10.7. The number of methoxy groups -OCH3 is 1. The fourth-order valence-electron chi connectivity index (χ4n) is 2.71. The van der Waals surface area contributed by atoms with Gasteiger partial charge in [0, 0.05) is 16.4 Å². The third-order valence-electron chi connectivity index (χ3n) is 4.26. The van der Waals surface area contributed by atoms with Crippen molar-refractivity contribution in [2.45, 2.75) is 0 Å². The average Bonchev–Trinajstić information content (AvgIpc) is 2.81. The van der Waals surface area contributed by atoms with Crippen molar-refractivity contribution in [3.63, 3.8) is 0 Å². The van der Waals surface area contributed by atoms with E-state index in [4.69, 9.17) is 16.3 Å². The van der Waals surface area contributed by atoms with E-state index in [0.29, 0.717) is 16.9 Å². The predicted octanol–water partition coefficient (Wildman–Crippen LogP) is 5.47. The number of halogens is 1. The summed E-state index contributed by atoms with van der Waals surface area (Å²) in [6.07, 6.45) is 1.65. The zero-order valence-electron chi connectivity index (χ0n) is 17.2. The van der Waals surface area contributed by atoms with E-state index >= 15 is 0 Å². The minimum Gasteiger partial charge on any atom is -0.497 e. The number of rotatable bonds is 8. The molecule has 1 aromatic heterocycles. The van der Waals surface area contributed by atoms with Gasteiger partial charge in [0.05, 0.1) is 13.3 Å². The lowest BCUT2D eigenvalue weighted by Crippen LogP contribution is -2.07. The number of nitrogens with zero attached hydrogens (tertiary/aromatic N) is 4. The second kappa shape index (κ2) is 10.2. The van der Waals surface area contributed by atoms with Crippen LogP contribution in [0.15, 0.2) is 84.0 Å². The lowest BCUT2D eigenvalue weighted by Gasteiger charge is -2.10. The quantitative estimate of drug-likeness (QED) is 0.244. The van der Waals surface area contributed by atoms with E-state index in [0.717, 1.165) is 22.7 Å². The first-order valence-corrected chi connectivity index (χ1v) is 10.1. The van der Waals surface area contributed by atoms with E-state index in [2.05, 4.69) is 36.1 Å². The minimum absolute atomic E-state index is 0.277. The molecule has 0 unspecified atom stereocenters. The van der Waals surface area contributed by atoms with Crippen molar-refractivity contribution in [3.05, 3.63) is 89.4 Å². The van der Waals surface area contributed by atoms with E-state index in [1.807, 2.05) is 66.7 Å². The van der Waals surface area contributed by atoms with Crippen LogP contribution in [0.5, 0.6) is 5.75 Å². The average molecular weight is 446 g/mol. The maximum absolute atomic E-state index is 5.92. The Labute approximate surface area is 190 Å². The van der Waals surface area contributed by atoms with Crippen LogP contribution in [0, 0.1) is 0 Å². The highest BCUT2D eigenvalue weighted by Crippen LogP contribution is 2.20. The number of hydrogen-bond acceptors (Lipinski definition) is 8. The Balaban J connectivity index is 1.56. The Kier molecular flexibility index (Phi) is 6.74. The van der Waals surface area contributed by atoms with Crippen LogP contribution in [0.4, 0.5) is 29.2 Å². The van der Waals surface area contributed by atoms with E-state index < -0.39 is 0 Å². The standard InChI is InChI=1S/C23H20ClN7O/c1-32-20-13-11-19(12-14-20)27-22-28-21(26-18-5-3-2-4-6-18)29-23(30-22)31-25-15-16-7-9-17(24)10-8-16/h2-15H,1H3,(H3,26,27,28,29,30,31). The summed E-state index contributed by atoms with van der Waals surface area (Å²) < 4.78 is 5.20. The summed E-state index contributed by atoms with van der Waals surface area (Å²) in [5.74, 6) is 1.76. The Bertz CT molecular complexity index is 1180. The number of aromatic nitrogens is 3. The molecule has 3 aromatic carbocycles. The summed E-state index contributed by atoms with van der Waals surface area (Å²) in [5.41, 5.74) is 5.39. The molecule has 0 aliphatic rings. The van der Waals surface area contributed by atoms with Crippen LogP contribution in [-0.4, -0.2) is 28.3 Å². The van der Waals surface area contributed by atoms with Gasteiger partial charge in [-0.25, -0.2) is 5.43 Å². The number of hydrogen-bond donors (Lipinski definition) is 3. The van der Waals surface area contributed by atoms with Gasteiger partial charge in [0.25, 0.3) is 0 Å². The fraction of sp³-hybridized carbons (Fsp3) is 0.0435.